The van der Waals surface area contributed by atoms with Crippen LogP contribution in [0.25, 0.3) is 5.57 Å². The van der Waals surface area contributed by atoms with Gasteiger partial charge >= 0.3 is 12.1 Å². The van der Waals surface area contributed by atoms with Gasteiger partial charge in [-0.1, -0.05) is 6.08 Å². The SMILES string of the molecule is CC(=O)O.O=C(O)CCN1C=CC(c2nc(C(F)(F)F)ns2)=CC1. The van der Waals surface area contributed by atoms with Crippen molar-refractivity contribution in [1.29, 1.82) is 0 Å². The third-order valence-corrected chi connectivity index (χ3v) is 3.31. The Morgan fingerprint density at radius 3 is 2.42 bits per heavy atom. The summed E-state index contributed by atoms with van der Waals surface area (Å²) in [6.07, 6.45) is 0.410. The monoisotopic (exact) mass is 365 g/mol. The Kier molecular flexibility index (Phi) is 6.89. The highest BCUT2D eigenvalue weighted by atomic mass is 32.1. The standard InChI is InChI=1S/C11H10F3N3O2S.C2H4O2/c12-11(13,14)10-15-9(20-16-10)7-1-4-17(5-2-7)6-3-8(18)19;1-2(3)4/h1-2,4H,3,5-6H2,(H,18,19);1H3,(H,3,4). The summed E-state index contributed by atoms with van der Waals surface area (Å²) >= 11 is 0.689. The highest BCUT2D eigenvalue weighted by molar-refractivity contribution is 7.06. The predicted octanol–water partition coefficient (Wildman–Crippen LogP) is 2.34. The van der Waals surface area contributed by atoms with Gasteiger partial charge in [0.1, 0.15) is 5.01 Å². The predicted molar refractivity (Wildman–Crippen MR) is 79.2 cm³/mol. The Morgan fingerprint density at radius 1 is 1.38 bits per heavy atom. The number of rotatable bonds is 4. The number of aliphatic carboxylic acids is 2. The second kappa shape index (κ2) is 8.43. The van der Waals surface area contributed by atoms with Gasteiger partial charge < -0.3 is 15.1 Å². The van der Waals surface area contributed by atoms with Gasteiger partial charge in [0.05, 0.1) is 6.42 Å². The number of nitrogens with zero attached hydrogens (tertiary/aromatic N) is 3. The molecule has 11 heteroatoms. The lowest BCUT2D eigenvalue weighted by Crippen LogP contribution is -2.22. The van der Waals surface area contributed by atoms with Crippen LogP contribution in [0.4, 0.5) is 13.2 Å². The van der Waals surface area contributed by atoms with E-state index in [1.54, 1.807) is 23.3 Å². The molecule has 0 unspecified atom stereocenters. The fourth-order valence-electron chi connectivity index (χ4n) is 1.55. The quantitative estimate of drug-likeness (QED) is 0.844. The van der Waals surface area contributed by atoms with E-state index >= 15 is 0 Å². The zero-order valence-electron chi connectivity index (χ0n) is 12.4. The van der Waals surface area contributed by atoms with E-state index in [1.807, 2.05) is 0 Å². The first kappa shape index (κ1) is 19.6. The highest BCUT2D eigenvalue weighted by Gasteiger charge is 2.36. The fraction of sp³-hybridized carbons (Fsp3) is 0.385. The number of carboxylic acid groups (broad SMARTS) is 2. The van der Waals surface area contributed by atoms with Crippen LogP contribution in [0.15, 0.2) is 18.4 Å². The second-order valence-corrected chi connectivity index (χ2v) is 5.31. The fourth-order valence-corrected chi connectivity index (χ4v) is 2.25. The molecule has 0 aliphatic carbocycles. The Hall–Kier alpha value is -2.43. The maximum absolute atomic E-state index is 12.4. The average Bonchev–Trinajstić information content (AvgIpc) is 2.95. The van der Waals surface area contributed by atoms with E-state index in [4.69, 9.17) is 15.0 Å². The summed E-state index contributed by atoms with van der Waals surface area (Å²) in [5, 5.41) is 16.2. The smallest absolute Gasteiger partial charge is 0.452 e. The van der Waals surface area contributed by atoms with E-state index in [0.717, 1.165) is 6.92 Å². The van der Waals surface area contributed by atoms with Crippen molar-refractivity contribution in [2.75, 3.05) is 13.1 Å². The molecule has 0 bridgehead atoms. The zero-order chi connectivity index (χ0) is 18.3. The van der Waals surface area contributed by atoms with Crippen molar-refractivity contribution in [2.24, 2.45) is 0 Å². The van der Waals surface area contributed by atoms with E-state index in [9.17, 15) is 18.0 Å². The minimum atomic E-state index is -4.54. The van der Waals surface area contributed by atoms with Crippen LogP contribution >= 0.6 is 11.5 Å². The molecule has 1 aromatic rings. The van der Waals surface area contributed by atoms with Crippen LogP contribution in [0.5, 0.6) is 0 Å². The first-order chi connectivity index (χ1) is 11.1. The molecule has 132 valence electrons. The lowest BCUT2D eigenvalue weighted by molar-refractivity contribution is -0.144. The van der Waals surface area contributed by atoms with E-state index in [-0.39, 0.29) is 11.4 Å². The molecule has 0 spiro atoms. The largest absolute Gasteiger partial charge is 0.481 e. The van der Waals surface area contributed by atoms with Crippen LogP contribution in [0.2, 0.25) is 0 Å². The third kappa shape index (κ3) is 6.77. The number of alkyl halides is 3. The number of hydrogen-bond acceptors (Lipinski definition) is 6. The molecular formula is C13H14F3N3O4S. The highest BCUT2D eigenvalue weighted by Crippen LogP contribution is 2.30. The van der Waals surface area contributed by atoms with Gasteiger partial charge in [-0.15, -0.1) is 0 Å². The summed E-state index contributed by atoms with van der Waals surface area (Å²) in [5.74, 6) is -2.87. The summed E-state index contributed by atoms with van der Waals surface area (Å²) in [4.78, 5) is 24.6. The van der Waals surface area contributed by atoms with Gasteiger partial charge in [0.25, 0.3) is 5.97 Å². The molecule has 0 atom stereocenters. The molecule has 0 saturated carbocycles. The molecule has 0 fully saturated rings. The van der Waals surface area contributed by atoms with Crippen molar-refractivity contribution >= 4 is 29.0 Å². The first-order valence-electron chi connectivity index (χ1n) is 6.54. The Morgan fingerprint density at radius 2 is 2.00 bits per heavy atom. The van der Waals surface area contributed by atoms with Crippen LogP contribution in [-0.4, -0.2) is 49.5 Å². The van der Waals surface area contributed by atoms with Crippen LogP contribution < -0.4 is 0 Å². The van der Waals surface area contributed by atoms with Crippen LogP contribution in [0, 0.1) is 0 Å². The minimum absolute atomic E-state index is 0.00451. The molecule has 2 rings (SSSR count). The molecule has 2 heterocycles. The van der Waals surface area contributed by atoms with Gasteiger partial charge in [-0.25, -0.2) is 4.98 Å². The zero-order valence-corrected chi connectivity index (χ0v) is 13.3. The van der Waals surface area contributed by atoms with Gasteiger partial charge in [-0.3, -0.25) is 9.59 Å². The number of allylic oxidation sites excluding steroid dienone is 2. The molecule has 0 radical (unpaired) electrons. The maximum atomic E-state index is 12.4. The number of hydrogen-bond donors (Lipinski definition) is 2. The summed E-state index contributed by atoms with van der Waals surface area (Å²) in [5.41, 5.74) is 0.560. The van der Waals surface area contributed by atoms with Crippen LogP contribution in [0.1, 0.15) is 24.2 Å². The Labute approximate surface area is 138 Å². The number of carbonyl (C=O) groups is 2. The number of carboxylic acids is 2. The van der Waals surface area contributed by atoms with Gasteiger partial charge in [-0.2, -0.15) is 17.5 Å². The van der Waals surface area contributed by atoms with Gasteiger partial charge in [-0.05, 0) is 17.6 Å². The van der Waals surface area contributed by atoms with E-state index in [2.05, 4.69) is 9.36 Å². The maximum Gasteiger partial charge on any atom is 0.452 e. The molecule has 1 aliphatic heterocycles. The van der Waals surface area contributed by atoms with Crippen LogP contribution in [-0.2, 0) is 15.8 Å². The normalized spacial score (nSPS) is 13.8. The van der Waals surface area contributed by atoms with Gasteiger partial charge in [0.15, 0.2) is 0 Å². The van der Waals surface area contributed by atoms with Crippen molar-refractivity contribution in [3.05, 3.63) is 29.2 Å². The van der Waals surface area contributed by atoms with Crippen molar-refractivity contribution in [2.45, 2.75) is 19.5 Å². The molecule has 0 saturated heterocycles. The van der Waals surface area contributed by atoms with E-state index < -0.39 is 23.9 Å². The van der Waals surface area contributed by atoms with E-state index in [1.165, 1.54) is 0 Å². The molecule has 0 aromatic carbocycles. The molecule has 1 aromatic heterocycles. The number of aromatic nitrogens is 2. The van der Waals surface area contributed by atoms with Crippen molar-refractivity contribution in [1.82, 2.24) is 14.3 Å². The topological polar surface area (TPSA) is 104 Å². The summed E-state index contributed by atoms with van der Waals surface area (Å²) < 4.78 is 40.4. The minimum Gasteiger partial charge on any atom is -0.481 e. The second-order valence-electron chi connectivity index (χ2n) is 4.55. The Balaban J connectivity index is 0.000000648. The molecule has 1 aliphatic rings. The molecule has 7 nitrogen and oxygen atoms in total. The van der Waals surface area contributed by atoms with Crippen molar-refractivity contribution in [3.63, 3.8) is 0 Å². The van der Waals surface area contributed by atoms with Crippen molar-refractivity contribution < 1.29 is 33.0 Å². The summed E-state index contributed by atoms with van der Waals surface area (Å²) in [6, 6.07) is 0. The van der Waals surface area contributed by atoms with Crippen LogP contribution in [0.3, 0.4) is 0 Å². The summed E-state index contributed by atoms with van der Waals surface area (Å²) in [7, 11) is 0. The van der Waals surface area contributed by atoms with Gasteiger partial charge in [0.2, 0.25) is 5.82 Å². The van der Waals surface area contributed by atoms with E-state index in [0.29, 0.717) is 30.2 Å². The Bertz CT molecular complexity index is 651. The lowest BCUT2D eigenvalue weighted by Gasteiger charge is -2.21. The first-order valence-corrected chi connectivity index (χ1v) is 7.32. The lowest BCUT2D eigenvalue weighted by atomic mass is 10.2. The summed E-state index contributed by atoms with van der Waals surface area (Å²) in [6.45, 7) is 1.86. The molecule has 24 heavy (non-hydrogen) atoms. The number of halogens is 3. The molecule has 0 amide bonds. The molecule has 2 N–H and O–H groups in total. The third-order valence-electron chi connectivity index (χ3n) is 2.55. The average molecular weight is 365 g/mol. The van der Waals surface area contributed by atoms with Crippen molar-refractivity contribution in [3.8, 4) is 0 Å². The van der Waals surface area contributed by atoms with Gasteiger partial charge in [0, 0.05) is 31.8 Å². The molecular weight excluding hydrogens is 351 g/mol.